The van der Waals surface area contributed by atoms with Gasteiger partial charge in [-0.2, -0.15) is 0 Å². The van der Waals surface area contributed by atoms with Crippen LogP contribution in [0.15, 0.2) is 91.3 Å². The van der Waals surface area contributed by atoms with Crippen molar-refractivity contribution in [3.63, 3.8) is 0 Å². The van der Waals surface area contributed by atoms with Gasteiger partial charge < -0.3 is 40.1 Å². The van der Waals surface area contributed by atoms with Crippen molar-refractivity contribution < 1.29 is 29.0 Å². The summed E-state index contributed by atoms with van der Waals surface area (Å²) in [5.41, 5.74) is 5.65. The lowest BCUT2D eigenvalue weighted by atomic mass is 10.0. The molecule has 3 aromatic heterocycles. The van der Waals surface area contributed by atoms with Crippen molar-refractivity contribution in [2.75, 3.05) is 27.3 Å². The first-order valence-corrected chi connectivity index (χ1v) is 21.2. The highest BCUT2D eigenvalue weighted by atomic mass is 32.1. The van der Waals surface area contributed by atoms with Crippen LogP contribution in [0, 0.1) is 5.92 Å². The number of aromatic amines is 2. The Hall–Kier alpha value is -6.03. The van der Waals surface area contributed by atoms with Crippen LogP contribution in [0.4, 0.5) is 9.59 Å². The van der Waals surface area contributed by atoms with Crippen LogP contribution in [-0.2, 0) is 14.3 Å². The van der Waals surface area contributed by atoms with Crippen LogP contribution in [0.5, 0.6) is 0 Å². The van der Waals surface area contributed by atoms with Gasteiger partial charge in [0, 0.05) is 28.2 Å². The van der Waals surface area contributed by atoms with Gasteiger partial charge in [0.25, 0.3) is 0 Å². The van der Waals surface area contributed by atoms with Gasteiger partial charge in [0.2, 0.25) is 5.91 Å². The molecule has 14 nitrogen and oxygen atoms in total. The van der Waals surface area contributed by atoms with Crippen molar-refractivity contribution in [3.8, 4) is 33.0 Å². The minimum absolute atomic E-state index is 0.105. The Bertz CT molecular complexity index is 2450. The molecule has 2 aliphatic heterocycles. The molecule has 3 amide bonds. The van der Waals surface area contributed by atoms with E-state index in [0.717, 1.165) is 85.9 Å². The summed E-state index contributed by atoms with van der Waals surface area (Å²) in [6, 6.07) is 24.7. The zero-order valence-electron chi connectivity index (χ0n) is 34.1. The van der Waals surface area contributed by atoms with Gasteiger partial charge in [0.15, 0.2) is 0 Å². The van der Waals surface area contributed by atoms with Gasteiger partial charge in [-0.3, -0.25) is 9.69 Å². The number of likely N-dealkylation sites (tertiary alicyclic amines) is 2. The predicted octanol–water partition coefficient (Wildman–Crippen LogP) is 7.95. The summed E-state index contributed by atoms with van der Waals surface area (Å²) in [4.78, 5) is 59.3. The zero-order valence-corrected chi connectivity index (χ0v) is 34.9. The number of H-pyrrole nitrogens is 2. The molecule has 0 spiro atoms. The lowest BCUT2D eigenvalue weighted by Gasteiger charge is -2.34. The lowest BCUT2D eigenvalue weighted by molar-refractivity contribution is -0.135. The summed E-state index contributed by atoms with van der Waals surface area (Å²) in [6.07, 6.45) is 4.76. The number of benzene rings is 3. The summed E-state index contributed by atoms with van der Waals surface area (Å²) < 4.78 is 10.8. The van der Waals surface area contributed by atoms with Crippen molar-refractivity contribution in [3.05, 3.63) is 108 Å². The number of rotatable bonds is 12. The number of aliphatic hydroxyl groups is 1. The molecular formula is C45H50N8O6S. The molecule has 1 unspecified atom stereocenters. The third-order valence-electron chi connectivity index (χ3n) is 11.6. The third-order valence-corrected chi connectivity index (χ3v) is 12.8. The molecule has 5 atom stereocenters. The highest BCUT2D eigenvalue weighted by molar-refractivity contribution is 7.22. The van der Waals surface area contributed by atoms with Gasteiger partial charge in [-0.25, -0.2) is 19.6 Å². The van der Waals surface area contributed by atoms with E-state index in [1.54, 1.807) is 11.3 Å². The second-order valence-corrected chi connectivity index (χ2v) is 16.8. The van der Waals surface area contributed by atoms with Gasteiger partial charge in [0.1, 0.15) is 23.9 Å². The molecule has 0 radical (unpaired) electrons. The van der Waals surface area contributed by atoms with E-state index in [-0.39, 0.29) is 23.9 Å². The number of amides is 3. The molecule has 5 N–H and O–H groups in total. The van der Waals surface area contributed by atoms with Gasteiger partial charge >= 0.3 is 12.2 Å². The largest absolute Gasteiger partial charge is 0.453 e. The van der Waals surface area contributed by atoms with E-state index in [2.05, 4.69) is 69.1 Å². The number of alkyl carbamates (subject to hydrolysis) is 2. The topological polar surface area (TPSA) is 178 Å². The van der Waals surface area contributed by atoms with E-state index < -0.39 is 30.5 Å². The summed E-state index contributed by atoms with van der Waals surface area (Å²) in [7, 11) is 2.61. The molecule has 60 heavy (non-hydrogen) atoms. The fourth-order valence-electron chi connectivity index (χ4n) is 8.42. The first-order valence-electron chi connectivity index (χ1n) is 20.3. The summed E-state index contributed by atoms with van der Waals surface area (Å²) in [6.45, 7) is 5.06. The number of hydrogen-bond donors (Lipinski definition) is 5. The molecule has 0 aliphatic carbocycles. The molecule has 2 fully saturated rings. The molecule has 15 heteroatoms. The number of methoxy groups -OCH3 is 2. The lowest BCUT2D eigenvalue weighted by Crippen LogP contribution is -2.51. The van der Waals surface area contributed by atoms with E-state index in [9.17, 15) is 19.5 Å². The van der Waals surface area contributed by atoms with Crippen molar-refractivity contribution in [1.82, 2.24) is 40.4 Å². The second-order valence-electron chi connectivity index (χ2n) is 15.7. The van der Waals surface area contributed by atoms with Crippen LogP contribution >= 0.6 is 11.3 Å². The highest BCUT2D eigenvalue weighted by Crippen LogP contribution is 2.39. The molecule has 0 saturated carbocycles. The standard InChI is InChI=1S/C45H50N8O6S/c1-26(2)38(50-44(56)58-3)42(54)52-20-8-12-34(52)40-46-24-32(48-40)27-14-16-28(17-15-27)36-23-31-19-18-30(22-37(31)60-36)33-25-47-41(49-33)35-13-9-21-53(35)43(55)39(51-45(57)59-4)29-10-6-5-7-11-29/h5-7,10-11,14-19,22-26,34-35,38-39,43,55H,8-9,12-13,20-21H2,1-4H3,(H,46,48)(H,47,49)(H,50,56)(H,51,57)/t34-,35-,38-,39+,43?/m0/s1. The number of carbonyl (C=O) groups excluding carboxylic acids is 3. The van der Waals surface area contributed by atoms with Gasteiger partial charge in [0.05, 0.1) is 56.1 Å². The van der Waals surface area contributed by atoms with Gasteiger partial charge in [-0.05, 0) is 65.8 Å². The number of aromatic nitrogens is 4. The molecule has 8 rings (SSSR count). The van der Waals surface area contributed by atoms with Crippen LogP contribution in [0.1, 0.15) is 74.9 Å². The van der Waals surface area contributed by atoms with Crippen molar-refractivity contribution in [2.45, 2.75) is 69.9 Å². The Kier molecular flexibility index (Phi) is 12.0. The summed E-state index contributed by atoms with van der Waals surface area (Å²) >= 11 is 1.73. The molecule has 2 aliphatic rings. The SMILES string of the molecule is COC(=O)N[C@H](C(=O)N1CCC[C@H]1c1ncc(-c2ccc(-c3cc4ccc(-c5cnc([C@@H]6CCCN6C(O)[C@H](NC(=O)OC)c6ccccc6)[nH]5)cc4s3)cc2)[nH]1)C(C)C. The Morgan fingerprint density at radius 3 is 2.10 bits per heavy atom. The quantitative estimate of drug-likeness (QED) is 0.0819. The maximum absolute atomic E-state index is 13.6. The number of ether oxygens (including phenoxy) is 2. The fraction of sp³-hybridized carbons (Fsp3) is 0.356. The van der Waals surface area contributed by atoms with E-state index in [4.69, 9.17) is 19.4 Å². The van der Waals surface area contributed by atoms with E-state index >= 15 is 0 Å². The van der Waals surface area contributed by atoms with Crippen molar-refractivity contribution >= 4 is 39.5 Å². The van der Waals surface area contributed by atoms with Crippen molar-refractivity contribution in [2.24, 2.45) is 5.92 Å². The predicted molar refractivity (Wildman–Crippen MR) is 230 cm³/mol. The number of imidazole rings is 2. The van der Waals surface area contributed by atoms with Crippen LogP contribution in [0.3, 0.4) is 0 Å². The summed E-state index contributed by atoms with van der Waals surface area (Å²) in [5.74, 6) is 1.26. The first-order chi connectivity index (χ1) is 29.1. The van der Waals surface area contributed by atoms with Crippen LogP contribution in [0.2, 0.25) is 0 Å². The zero-order chi connectivity index (χ0) is 41.9. The smallest absolute Gasteiger partial charge is 0.407 e. The van der Waals surface area contributed by atoms with Crippen LogP contribution in [-0.4, -0.2) is 92.5 Å². The third kappa shape index (κ3) is 8.37. The van der Waals surface area contributed by atoms with E-state index in [0.29, 0.717) is 13.1 Å². The van der Waals surface area contributed by atoms with Gasteiger partial charge in [-0.1, -0.05) is 80.6 Å². The molecular weight excluding hydrogens is 781 g/mol. The number of nitrogens with zero attached hydrogens (tertiary/aromatic N) is 4. The Morgan fingerprint density at radius 2 is 1.40 bits per heavy atom. The average molecular weight is 831 g/mol. The maximum atomic E-state index is 13.6. The van der Waals surface area contributed by atoms with Crippen molar-refractivity contribution in [1.29, 1.82) is 0 Å². The number of hydrogen-bond acceptors (Lipinski definition) is 10. The molecule has 5 heterocycles. The highest BCUT2D eigenvalue weighted by Gasteiger charge is 2.39. The summed E-state index contributed by atoms with van der Waals surface area (Å²) in [5, 5.41) is 18.3. The Balaban J connectivity index is 0.952. The Labute approximate surface area is 352 Å². The molecule has 6 aromatic rings. The average Bonchev–Trinajstić information content (AvgIpc) is 4.13. The fourth-order valence-corrected chi connectivity index (χ4v) is 9.53. The minimum Gasteiger partial charge on any atom is -0.453 e. The molecule has 2 saturated heterocycles. The second kappa shape index (κ2) is 17.7. The number of fused-ring (bicyclic) bond motifs is 1. The number of carbonyl (C=O) groups is 3. The number of nitrogens with one attached hydrogen (secondary N) is 4. The first kappa shape index (κ1) is 40.7. The molecule has 0 bridgehead atoms. The Morgan fingerprint density at radius 1 is 0.783 bits per heavy atom. The normalized spacial score (nSPS) is 18.4. The van der Waals surface area contributed by atoms with Gasteiger partial charge in [-0.15, -0.1) is 11.3 Å². The maximum Gasteiger partial charge on any atom is 0.407 e. The van der Waals surface area contributed by atoms with Crippen LogP contribution < -0.4 is 10.6 Å². The molecule has 312 valence electrons. The van der Waals surface area contributed by atoms with E-state index in [1.165, 1.54) is 14.2 Å². The van der Waals surface area contributed by atoms with Crippen LogP contribution in [0.25, 0.3) is 43.0 Å². The number of aliphatic hydroxyl groups excluding tert-OH is 1. The van der Waals surface area contributed by atoms with E-state index in [1.807, 2.05) is 66.4 Å². The number of thiophene rings is 1. The monoisotopic (exact) mass is 830 g/mol. The molecule has 3 aromatic carbocycles. The minimum atomic E-state index is -0.999.